The third kappa shape index (κ3) is 2.16. The number of nitrogens with one attached hydrogen (secondary N) is 2. The van der Waals surface area contributed by atoms with E-state index in [4.69, 9.17) is 0 Å². The first-order valence-electron chi connectivity index (χ1n) is 5.04. The molecular weight excluding hydrogens is 208 g/mol. The predicted octanol–water partition coefficient (Wildman–Crippen LogP) is 0.00212. The van der Waals surface area contributed by atoms with Crippen LogP contribution in [0.15, 0.2) is 12.4 Å². The minimum atomic E-state index is -0.409. The molecule has 1 atom stereocenters. The summed E-state index contributed by atoms with van der Waals surface area (Å²) in [5.41, 5.74) is 0.729. The molecule has 1 aromatic heterocycles. The number of imide groups is 1. The number of anilines is 1. The van der Waals surface area contributed by atoms with Gasteiger partial charge in [-0.25, -0.2) is 4.98 Å². The average molecular weight is 220 g/mol. The van der Waals surface area contributed by atoms with Crippen LogP contribution in [0.4, 0.5) is 5.82 Å². The summed E-state index contributed by atoms with van der Waals surface area (Å²) >= 11 is 0. The number of carbonyl (C=O) groups is 2. The summed E-state index contributed by atoms with van der Waals surface area (Å²) in [5, 5.41) is 5.26. The Balaban J connectivity index is 2.08. The summed E-state index contributed by atoms with van der Waals surface area (Å²) in [5.74, 6) is 0.0530. The van der Waals surface area contributed by atoms with Crippen LogP contribution in [0, 0.1) is 6.92 Å². The van der Waals surface area contributed by atoms with Crippen LogP contribution in [-0.4, -0.2) is 27.8 Å². The molecule has 6 heteroatoms. The number of hydrogen-bond donors (Lipinski definition) is 2. The standard InChI is InChI=1S/C10H12N4O2/c1-6-9(12-5-4-11-6)13-7-2-3-8(15)14-10(7)16/h4-5,7H,2-3H2,1H3,(H,12,13)(H,14,15,16). The average Bonchev–Trinajstić information content (AvgIpc) is 2.25. The lowest BCUT2D eigenvalue weighted by Gasteiger charge is -2.22. The lowest BCUT2D eigenvalue weighted by molar-refractivity contribution is -0.133. The number of nitrogens with zero attached hydrogens (tertiary/aromatic N) is 2. The number of carbonyl (C=O) groups excluding carboxylic acids is 2. The van der Waals surface area contributed by atoms with E-state index in [2.05, 4.69) is 20.6 Å². The molecule has 2 heterocycles. The summed E-state index contributed by atoms with van der Waals surface area (Å²) in [6.45, 7) is 1.81. The quantitative estimate of drug-likeness (QED) is 0.685. The van der Waals surface area contributed by atoms with Gasteiger partial charge in [-0.1, -0.05) is 0 Å². The van der Waals surface area contributed by atoms with Crippen LogP contribution < -0.4 is 10.6 Å². The lowest BCUT2D eigenvalue weighted by Crippen LogP contribution is -2.47. The molecule has 1 unspecified atom stereocenters. The third-order valence-corrected chi connectivity index (χ3v) is 2.43. The van der Waals surface area contributed by atoms with Crippen molar-refractivity contribution >= 4 is 17.6 Å². The van der Waals surface area contributed by atoms with Crippen molar-refractivity contribution in [3.05, 3.63) is 18.1 Å². The van der Waals surface area contributed by atoms with E-state index in [1.54, 1.807) is 19.3 Å². The number of amides is 2. The Hall–Kier alpha value is -1.98. The molecule has 84 valence electrons. The van der Waals surface area contributed by atoms with Gasteiger partial charge in [0, 0.05) is 18.8 Å². The first kappa shape index (κ1) is 10.5. The topological polar surface area (TPSA) is 84.0 Å². The van der Waals surface area contributed by atoms with Crippen molar-refractivity contribution in [3.8, 4) is 0 Å². The number of rotatable bonds is 2. The van der Waals surface area contributed by atoms with Crippen molar-refractivity contribution in [2.24, 2.45) is 0 Å². The second-order valence-corrected chi connectivity index (χ2v) is 3.64. The van der Waals surface area contributed by atoms with Crippen molar-refractivity contribution in [3.63, 3.8) is 0 Å². The molecule has 1 aliphatic rings. The molecule has 1 fully saturated rings. The molecule has 0 radical (unpaired) electrons. The van der Waals surface area contributed by atoms with Crippen LogP contribution in [0.5, 0.6) is 0 Å². The fraction of sp³-hybridized carbons (Fsp3) is 0.400. The zero-order chi connectivity index (χ0) is 11.5. The molecule has 1 aromatic rings. The number of aryl methyl sites for hydroxylation is 1. The van der Waals surface area contributed by atoms with Gasteiger partial charge in [-0.15, -0.1) is 0 Å². The number of hydrogen-bond acceptors (Lipinski definition) is 5. The maximum Gasteiger partial charge on any atom is 0.249 e. The van der Waals surface area contributed by atoms with Gasteiger partial charge in [-0.2, -0.15) is 0 Å². The molecule has 0 aromatic carbocycles. The van der Waals surface area contributed by atoms with Gasteiger partial charge in [0.25, 0.3) is 0 Å². The zero-order valence-electron chi connectivity index (χ0n) is 8.86. The fourth-order valence-electron chi connectivity index (χ4n) is 1.55. The maximum absolute atomic E-state index is 11.5. The Bertz CT molecular complexity index is 433. The van der Waals surface area contributed by atoms with Gasteiger partial charge < -0.3 is 5.32 Å². The maximum atomic E-state index is 11.5. The van der Waals surface area contributed by atoms with Crippen LogP contribution in [0.3, 0.4) is 0 Å². The molecule has 1 aliphatic heterocycles. The van der Waals surface area contributed by atoms with Crippen LogP contribution >= 0.6 is 0 Å². The first-order valence-corrected chi connectivity index (χ1v) is 5.04. The monoisotopic (exact) mass is 220 g/mol. The van der Waals surface area contributed by atoms with Crippen molar-refractivity contribution in [2.45, 2.75) is 25.8 Å². The molecule has 16 heavy (non-hydrogen) atoms. The minimum Gasteiger partial charge on any atom is -0.357 e. The van der Waals surface area contributed by atoms with Gasteiger partial charge >= 0.3 is 0 Å². The highest BCUT2D eigenvalue weighted by Gasteiger charge is 2.26. The van der Waals surface area contributed by atoms with E-state index in [0.717, 1.165) is 5.69 Å². The first-order chi connectivity index (χ1) is 7.66. The van der Waals surface area contributed by atoms with Crippen LogP contribution in [0.1, 0.15) is 18.5 Å². The second kappa shape index (κ2) is 4.26. The summed E-state index contributed by atoms with van der Waals surface area (Å²) in [6.07, 6.45) is 3.98. The van der Waals surface area contributed by atoms with Gasteiger partial charge in [0.1, 0.15) is 11.9 Å². The molecule has 0 saturated carbocycles. The van der Waals surface area contributed by atoms with Gasteiger partial charge in [-0.05, 0) is 13.3 Å². The lowest BCUT2D eigenvalue weighted by atomic mass is 10.1. The van der Waals surface area contributed by atoms with Crippen molar-refractivity contribution < 1.29 is 9.59 Å². The van der Waals surface area contributed by atoms with Crippen molar-refractivity contribution in [1.29, 1.82) is 0 Å². The molecule has 0 spiro atoms. The summed E-state index contributed by atoms with van der Waals surface area (Å²) in [7, 11) is 0. The Labute approximate surface area is 92.5 Å². The van der Waals surface area contributed by atoms with Crippen molar-refractivity contribution in [2.75, 3.05) is 5.32 Å². The third-order valence-electron chi connectivity index (χ3n) is 2.43. The number of piperidine rings is 1. The molecule has 2 amide bonds. The number of aromatic nitrogens is 2. The van der Waals surface area contributed by atoms with Crippen LogP contribution in [0.25, 0.3) is 0 Å². The summed E-state index contributed by atoms with van der Waals surface area (Å²) in [6, 6.07) is -0.409. The zero-order valence-corrected chi connectivity index (χ0v) is 8.86. The highest BCUT2D eigenvalue weighted by atomic mass is 16.2. The second-order valence-electron chi connectivity index (χ2n) is 3.64. The smallest absolute Gasteiger partial charge is 0.249 e. The highest BCUT2D eigenvalue weighted by Crippen LogP contribution is 2.13. The molecule has 1 saturated heterocycles. The van der Waals surface area contributed by atoms with E-state index >= 15 is 0 Å². The molecule has 6 nitrogen and oxygen atoms in total. The van der Waals surface area contributed by atoms with Gasteiger partial charge in [0.15, 0.2) is 0 Å². The SMILES string of the molecule is Cc1nccnc1NC1CCC(=O)NC1=O. The normalized spacial score (nSPS) is 20.4. The predicted molar refractivity (Wildman–Crippen MR) is 56.6 cm³/mol. The Morgan fingerprint density at radius 3 is 2.81 bits per heavy atom. The van der Waals surface area contributed by atoms with Gasteiger partial charge in [0.05, 0.1) is 5.69 Å². The van der Waals surface area contributed by atoms with Crippen LogP contribution in [0.2, 0.25) is 0 Å². The summed E-state index contributed by atoms with van der Waals surface area (Å²) < 4.78 is 0. The molecule has 0 bridgehead atoms. The van der Waals surface area contributed by atoms with Crippen LogP contribution in [-0.2, 0) is 9.59 Å². The molecule has 2 N–H and O–H groups in total. The van der Waals surface area contributed by atoms with Crippen molar-refractivity contribution in [1.82, 2.24) is 15.3 Å². The molecule has 2 rings (SSSR count). The van der Waals surface area contributed by atoms with E-state index in [9.17, 15) is 9.59 Å². The summed E-state index contributed by atoms with van der Waals surface area (Å²) in [4.78, 5) is 30.6. The van der Waals surface area contributed by atoms with Gasteiger partial charge in [0.2, 0.25) is 11.8 Å². The van der Waals surface area contributed by atoms with E-state index in [-0.39, 0.29) is 11.8 Å². The van der Waals surface area contributed by atoms with E-state index in [0.29, 0.717) is 18.7 Å². The Kier molecular flexibility index (Phi) is 2.80. The highest BCUT2D eigenvalue weighted by molar-refractivity contribution is 6.01. The minimum absolute atomic E-state index is 0.223. The van der Waals surface area contributed by atoms with E-state index in [1.165, 1.54) is 0 Å². The Morgan fingerprint density at radius 1 is 1.38 bits per heavy atom. The largest absolute Gasteiger partial charge is 0.357 e. The Morgan fingerprint density at radius 2 is 2.12 bits per heavy atom. The molecular formula is C10H12N4O2. The molecule has 0 aliphatic carbocycles. The van der Waals surface area contributed by atoms with E-state index < -0.39 is 6.04 Å². The van der Waals surface area contributed by atoms with E-state index in [1.807, 2.05) is 0 Å². The van der Waals surface area contributed by atoms with Gasteiger partial charge in [-0.3, -0.25) is 19.9 Å². The fourth-order valence-corrected chi connectivity index (χ4v) is 1.55.